The summed E-state index contributed by atoms with van der Waals surface area (Å²) in [5.41, 5.74) is 48.3. The maximum Gasteiger partial charge on any atom is 0.0725 e. The van der Waals surface area contributed by atoms with Gasteiger partial charge in [-0.05, 0) is 333 Å². The molecule has 5 aliphatic carbocycles. The molecular weight excluding hydrogens is 1770 g/mol. The van der Waals surface area contributed by atoms with Crippen molar-refractivity contribution in [3.8, 4) is 145 Å². The first-order chi connectivity index (χ1) is 72.3. The second-order valence-electron chi connectivity index (χ2n) is 39.8. The van der Waals surface area contributed by atoms with E-state index in [4.69, 9.17) is 0 Å². The van der Waals surface area contributed by atoms with Gasteiger partial charge in [-0.2, -0.15) is 0 Å². The van der Waals surface area contributed by atoms with E-state index in [-0.39, 0.29) is 10.8 Å². The van der Waals surface area contributed by atoms with Gasteiger partial charge in [0.1, 0.15) is 0 Å². The molecule has 1 aromatic heterocycles. The molecule has 0 saturated carbocycles. The quantitative estimate of drug-likeness (QED) is 0.128. The Bertz CT molecular complexity index is 9380. The first-order valence-electron chi connectivity index (χ1n) is 50.9. The Morgan fingerprint density at radius 2 is 0.336 bits per heavy atom. The Kier molecular flexibility index (Phi) is 19.7. The minimum atomic E-state index is -0.411. The fourth-order valence-corrected chi connectivity index (χ4v) is 27.0. The third-order valence-corrected chi connectivity index (χ3v) is 33.5. The molecule has 0 saturated heterocycles. The van der Waals surface area contributed by atoms with E-state index in [2.05, 4.69) is 558 Å². The predicted molar refractivity (Wildman–Crippen MR) is 616 cm³/mol. The second kappa shape index (κ2) is 34.0. The highest BCUT2D eigenvalue weighted by molar-refractivity contribution is 7.26. The molecule has 1 heteroatoms. The van der Waals surface area contributed by atoms with Crippen molar-refractivity contribution in [2.24, 2.45) is 0 Å². The lowest BCUT2D eigenvalue weighted by Gasteiger charge is -2.34. The van der Waals surface area contributed by atoms with Crippen molar-refractivity contribution in [2.75, 3.05) is 0 Å². The Hall–Kier alpha value is -18.2. The van der Waals surface area contributed by atoms with Gasteiger partial charge in [0.25, 0.3) is 0 Å². The largest absolute Gasteiger partial charge is 0.135 e. The number of benzene rings is 25. The smallest absolute Gasteiger partial charge is 0.0725 e. The molecule has 1 heterocycles. The van der Waals surface area contributed by atoms with Crippen molar-refractivity contribution in [1.29, 1.82) is 0 Å². The fourth-order valence-electron chi connectivity index (χ4n) is 25.7. The molecule has 26 aromatic rings. The topological polar surface area (TPSA) is 0 Å². The summed E-state index contributed by atoms with van der Waals surface area (Å²) in [6.07, 6.45) is 0. The summed E-state index contributed by atoms with van der Waals surface area (Å²) in [5, 5.41) is 12.7. The van der Waals surface area contributed by atoms with Crippen LogP contribution in [0.1, 0.15) is 66.8 Å². The van der Waals surface area contributed by atoms with Crippen molar-refractivity contribution in [3.05, 3.63) is 625 Å². The lowest BCUT2D eigenvalue weighted by molar-refractivity contribution is 0.769. The van der Waals surface area contributed by atoms with Gasteiger partial charge in [-0.25, -0.2) is 0 Å². The van der Waals surface area contributed by atoms with Crippen molar-refractivity contribution < 1.29 is 0 Å². The summed E-state index contributed by atoms with van der Waals surface area (Å²) in [6, 6.07) is 207. The number of fused-ring (bicyclic) bond motifs is 30. The van der Waals surface area contributed by atoms with E-state index < -0.39 is 5.41 Å². The Balaban J connectivity index is 0.000000104. The zero-order chi connectivity index (χ0) is 96.1. The Morgan fingerprint density at radius 1 is 0.116 bits per heavy atom. The standard InChI is InChI=1S/C51H32.C51H34.C43H26S/c1-2-11-34-28-38(21-20-33(34)10-1)40-25-24-39-30-37(22-23-41(39)31-40)35-12-9-13-36(29-35)42-26-27-46-45-16-5-8-19-49(45)51(50(46)32-42)47-17-6-3-14-43(47)44-15-4-7-18-48(44)51;1-3-16-45(17-4-1)51(46-18-5-2-6-19-46)49-21-10-9-20-47(49)48-29-28-44(34-50(48)51)38-15-11-14-37(31-38)39-24-25-43-33-42(27-26-41(43)32-39)40-23-22-35-12-7-8-13-36(35)30-40;1-5-19-37-31(13-1)32-14-2-6-20-38(32)43(37)39-21-7-3-15-33(39)34-24-23-28(26-40(34)43)27-11-9-12-29(25-27)30-17-10-18-36-35-16-4-8-22-41(35)44-42(30)36/h1-32H;1-34H;1-26H. The van der Waals surface area contributed by atoms with Crippen LogP contribution in [0.15, 0.2) is 558 Å². The highest BCUT2D eigenvalue weighted by Gasteiger charge is 2.54. The van der Waals surface area contributed by atoms with Crippen molar-refractivity contribution in [3.63, 3.8) is 0 Å². The van der Waals surface area contributed by atoms with Crippen LogP contribution in [-0.2, 0) is 16.2 Å². The first kappa shape index (κ1) is 84.6. The van der Waals surface area contributed by atoms with Crippen LogP contribution in [0.5, 0.6) is 0 Å². The predicted octanol–water partition coefficient (Wildman–Crippen LogP) is 38.4. The third-order valence-electron chi connectivity index (χ3n) is 32.3. The molecule has 0 fully saturated rings. The number of hydrogen-bond acceptors (Lipinski definition) is 1. The highest BCUT2D eigenvalue weighted by atomic mass is 32.1. The van der Waals surface area contributed by atoms with Crippen LogP contribution < -0.4 is 0 Å². The van der Waals surface area contributed by atoms with Crippen molar-refractivity contribution in [1.82, 2.24) is 0 Å². The molecule has 0 N–H and O–H groups in total. The molecule has 0 amide bonds. The van der Waals surface area contributed by atoms with Crippen molar-refractivity contribution >= 4 is 74.6 Å². The minimum Gasteiger partial charge on any atom is -0.135 e. The van der Waals surface area contributed by atoms with E-state index >= 15 is 0 Å². The van der Waals surface area contributed by atoms with Gasteiger partial charge in [-0.3, -0.25) is 0 Å². The Labute approximate surface area is 853 Å². The summed E-state index contributed by atoms with van der Waals surface area (Å²) in [7, 11) is 0. The van der Waals surface area contributed by atoms with Crippen molar-refractivity contribution in [2.45, 2.75) is 16.2 Å². The van der Waals surface area contributed by atoms with E-state index in [1.165, 1.54) is 275 Å². The van der Waals surface area contributed by atoms with Crippen LogP contribution >= 0.6 is 11.3 Å². The second-order valence-corrected chi connectivity index (χ2v) is 40.8. The van der Waals surface area contributed by atoms with Crippen LogP contribution in [0.2, 0.25) is 0 Å². The van der Waals surface area contributed by atoms with Crippen LogP contribution in [0, 0.1) is 0 Å². The summed E-state index contributed by atoms with van der Waals surface area (Å²) in [6.45, 7) is 0. The first-order valence-corrected chi connectivity index (χ1v) is 51.7. The molecule has 0 bridgehead atoms. The summed E-state index contributed by atoms with van der Waals surface area (Å²) >= 11 is 1.89. The zero-order valence-electron chi connectivity index (χ0n) is 80.0. The van der Waals surface area contributed by atoms with E-state index in [1.54, 1.807) is 0 Å². The monoisotopic (exact) mass is 1860 g/mol. The van der Waals surface area contributed by atoms with Gasteiger partial charge in [0, 0.05) is 20.2 Å². The molecule has 0 atom stereocenters. The average Bonchev–Trinajstić information content (AvgIpc) is 1.52. The van der Waals surface area contributed by atoms with Crippen LogP contribution in [0.3, 0.4) is 0 Å². The lowest BCUT2D eigenvalue weighted by atomic mass is 9.67. The summed E-state index contributed by atoms with van der Waals surface area (Å²) in [5.74, 6) is 0. The van der Waals surface area contributed by atoms with Gasteiger partial charge in [0.15, 0.2) is 0 Å². The summed E-state index contributed by atoms with van der Waals surface area (Å²) < 4.78 is 2.69. The molecule has 0 nitrogen and oxygen atoms in total. The minimum absolute atomic E-state index is 0.324. The SMILES string of the molecule is c1cc(-c2ccc3c(c2)C2(c4ccccc4-c4ccccc42)c2ccccc2-3)cc(-c2ccc3cc(-c4ccc5ccccc5c4)ccc3c2)c1.c1cc(-c2ccc3c(c2)C2(c4ccccc4-c4ccccc42)c2ccccc2-3)cc(-c2cccc3c2sc2ccccc23)c1.c1ccc(C2(c3ccccc3)c3ccccc3-c3ccc(-c4cccc(-c5ccc6cc(-c7ccc8ccccc8c7)ccc6c5)c4)cc32)cc1. The molecule has 31 rings (SSSR count). The maximum atomic E-state index is 2.48. The molecule has 5 aliphatic rings. The van der Waals surface area contributed by atoms with Gasteiger partial charge in [-0.1, -0.05) is 479 Å². The number of thiophene rings is 1. The molecule has 146 heavy (non-hydrogen) atoms. The molecule has 0 radical (unpaired) electrons. The zero-order valence-corrected chi connectivity index (χ0v) is 80.8. The van der Waals surface area contributed by atoms with Gasteiger partial charge in [0.2, 0.25) is 0 Å². The molecule has 0 aliphatic heterocycles. The Morgan fingerprint density at radius 3 is 0.685 bits per heavy atom. The highest BCUT2D eigenvalue weighted by Crippen LogP contribution is 2.66. The molecule has 25 aromatic carbocycles. The maximum absolute atomic E-state index is 2.48. The third kappa shape index (κ3) is 13.2. The van der Waals surface area contributed by atoms with E-state index in [0.29, 0.717) is 0 Å². The van der Waals surface area contributed by atoms with Crippen LogP contribution in [0.4, 0.5) is 0 Å². The fraction of sp³-hybridized carbons (Fsp3) is 0.0207. The van der Waals surface area contributed by atoms with E-state index in [1.807, 2.05) is 11.3 Å². The normalized spacial score (nSPS) is 13.2. The van der Waals surface area contributed by atoms with Gasteiger partial charge >= 0.3 is 0 Å². The van der Waals surface area contributed by atoms with Gasteiger partial charge in [0.05, 0.1) is 16.2 Å². The van der Waals surface area contributed by atoms with Crippen LogP contribution in [-0.4, -0.2) is 0 Å². The van der Waals surface area contributed by atoms with Crippen LogP contribution in [0.25, 0.3) is 208 Å². The number of rotatable bonds is 10. The lowest BCUT2D eigenvalue weighted by Crippen LogP contribution is -2.28. The van der Waals surface area contributed by atoms with E-state index in [9.17, 15) is 0 Å². The van der Waals surface area contributed by atoms with E-state index in [0.717, 1.165) is 0 Å². The summed E-state index contributed by atoms with van der Waals surface area (Å²) in [4.78, 5) is 0. The van der Waals surface area contributed by atoms with Gasteiger partial charge < -0.3 is 0 Å². The molecular formula is C145H92S. The molecule has 2 spiro atoms. The van der Waals surface area contributed by atoms with Gasteiger partial charge in [-0.15, -0.1) is 11.3 Å². The number of hydrogen-bond donors (Lipinski definition) is 0. The molecule has 0 unspecified atom stereocenters. The molecule has 678 valence electrons. The average molecular weight is 1870 g/mol.